The summed E-state index contributed by atoms with van der Waals surface area (Å²) in [5, 5.41) is 5.86. The highest BCUT2D eigenvalue weighted by atomic mass is 19.4. The van der Waals surface area contributed by atoms with Crippen LogP contribution in [0.1, 0.15) is 22.3 Å². The molecule has 0 spiro atoms. The van der Waals surface area contributed by atoms with Gasteiger partial charge >= 0.3 is 12.4 Å². The fraction of sp³-hybridized carbons (Fsp3) is 0.0714. The van der Waals surface area contributed by atoms with Crippen LogP contribution in [-0.4, -0.2) is 13.4 Å². The average molecular weight is 868 g/mol. The van der Waals surface area contributed by atoms with Crippen LogP contribution in [0, 0.1) is 13.8 Å². The first-order valence-electron chi connectivity index (χ1n) is 22.0. The highest BCUT2D eigenvalue weighted by molar-refractivity contribution is 7.02. The molecule has 4 aliphatic rings. The smallest absolute Gasteiger partial charge is 0.311 e. The number of nitrogens with zero attached hydrogens (tertiary/aromatic N) is 2. The van der Waals surface area contributed by atoms with Gasteiger partial charge in [-0.05, 0) is 156 Å². The molecule has 0 aromatic heterocycles. The number of hydrogen-bond acceptors (Lipinski definition) is 2. The number of halogens is 6. The van der Waals surface area contributed by atoms with Crippen LogP contribution in [-0.2, 0) is 12.4 Å². The molecule has 10 aromatic rings. The fourth-order valence-corrected chi connectivity index (χ4v) is 12.2. The topological polar surface area (TPSA) is 6.48 Å². The second kappa shape index (κ2) is 12.7. The highest BCUT2D eigenvalue weighted by Crippen LogP contribution is 2.50. The molecule has 14 rings (SSSR count). The molecular formula is C56H32B2F6N2. The Morgan fingerprint density at radius 2 is 0.833 bits per heavy atom. The van der Waals surface area contributed by atoms with Crippen molar-refractivity contribution in [1.29, 1.82) is 0 Å². The Balaban J connectivity index is 1.11. The summed E-state index contributed by atoms with van der Waals surface area (Å²) in [6.45, 7) is 3.25. The van der Waals surface area contributed by atoms with Crippen LogP contribution < -0.4 is 42.6 Å². The van der Waals surface area contributed by atoms with E-state index in [1.165, 1.54) is 24.3 Å². The van der Waals surface area contributed by atoms with E-state index >= 15 is 13.2 Å². The Labute approximate surface area is 375 Å². The first-order valence-corrected chi connectivity index (χ1v) is 22.0. The molecule has 2 nitrogen and oxygen atoms in total. The third-order valence-electron chi connectivity index (χ3n) is 14.7. The highest BCUT2D eigenvalue weighted by Gasteiger charge is 2.47. The number of fused-ring (bicyclic) bond motifs is 8. The monoisotopic (exact) mass is 868 g/mol. The van der Waals surface area contributed by atoms with Crippen LogP contribution in [0.5, 0.6) is 0 Å². The Morgan fingerprint density at radius 1 is 0.364 bits per heavy atom. The summed E-state index contributed by atoms with van der Waals surface area (Å²) in [7, 11) is 0. The molecule has 0 radical (unpaired) electrons. The molecule has 4 aliphatic heterocycles. The van der Waals surface area contributed by atoms with Crippen LogP contribution in [0.4, 0.5) is 60.5 Å². The number of aryl methyl sites for hydroxylation is 2. The second-order valence-corrected chi connectivity index (χ2v) is 18.3. The molecule has 0 atom stereocenters. The summed E-state index contributed by atoms with van der Waals surface area (Å²) in [6, 6.07) is 49.4. The van der Waals surface area contributed by atoms with Crippen LogP contribution in [0.2, 0.25) is 0 Å². The second-order valence-electron chi connectivity index (χ2n) is 18.3. The lowest BCUT2D eigenvalue weighted by Crippen LogP contribution is -2.60. The van der Waals surface area contributed by atoms with Gasteiger partial charge in [-0.3, -0.25) is 0 Å². The first kappa shape index (κ1) is 37.9. The molecule has 0 aliphatic carbocycles. The zero-order chi connectivity index (χ0) is 44.7. The SMILES string of the molecule is Cc1ccc2c(c1)N(c1ccccc1)c1cc(C(F)(F)F)cc3c1B2c1cc2ccc4c5c(cc6ccc-3c1c6c25)B1c2ccc(C(F)(F)F)cc2N(c2ccccc2)c2cc(C)cc-4c21. The van der Waals surface area contributed by atoms with Crippen molar-refractivity contribution in [2.75, 3.05) is 9.80 Å². The van der Waals surface area contributed by atoms with Gasteiger partial charge in [0.2, 0.25) is 13.4 Å². The summed E-state index contributed by atoms with van der Waals surface area (Å²) in [4.78, 5) is 3.97. The van der Waals surface area contributed by atoms with Gasteiger partial charge in [0.05, 0.1) is 11.1 Å². The molecule has 66 heavy (non-hydrogen) atoms. The molecular weight excluding hydrogens is 836 g/mol. The van der Waals surface area contributed by atoms with E-state index in [1.54, 1.807) is 6.07 Å². The number of hydrogen-bond donors (Lipinski definition) is 0. The number of rotatable bonds is 2. The minimum absolute atomic E-state index is 0.371. The van der Waals surface area contributed by atoms with Crippen molar-refractivity contribution in [3.8, 4) is 22.3 Å². The van der Waals surface area contributed by atoms with Gasteiger partial charge in [0, 0.05) is 34.1 Å². The van der Waals surface area contributed by atoms with Gasteiger partial charge in [0.15, 0.2) is 0 Å². The van der Waals surface area contributed by atoms with Gasteiger partial charge in [0.1, 0.15) is 0 Å². The Hall–Kier alpha value is -7.45. The first-order chi connectivity index (χ1) is 31.8. The van der Waals surface area contributed by atoms with Crippen LogP contribution in [0.25, 0.3) is 54.6 Å². The standard InChI is InChI=1S/C56H32B2F6N2/c1-29-13-19-41-45(22-29)65(35-9-5-3-6-10-35)48-28-34(56(62,63)64)26-40-38-18-15-32-24-43-51-37(17-14-31-25-44(57(41)54(40)48)52(38)50(32)49(31)51)39-21-30(2)23-47-53(39)58(43)42-20-16-33(55(59,60)61)27-46(42)66(47)36-11-7-4-8-12-36/h3-28H,1-2H3. The quantitative estimate of drug-likeness (QED) is 0.0970. The number of benzene rings is 10. The van der Waals surface area contributed by atoms with Gasteiger partial charge in [-0.25, -0.2) is 0 Å². The van der Waals surface area contributed by atoms with E-state index in [0.717, 1.165) is 116 Å². The average Bonchev–Trinajstić information content (AvgIpc) is 3.30. The molecule has 0 bridgehead atoms. The van der Waals surface area contributed by atoms with Crippen molar-refractivity contribution in [3.63, 3.8) is 0 Å². The molecule has 314 valence electrons. The zero-order valence-electron chi connectivity index (χ0n) is 35.3. The lowest BCUT2D eigenvalue weighted by atomic mass is 9.31. The van der Waals surface area contributed by atoms with E-state index < -0.39 is 30.2 Å². The lowest BCUT2D eigenvalue weighted by molar-refractivity contribution is -0.138. The molecule has 0 amide bonds. The molecule has 0 saturated heterocycles. The van der Waals surface area contributed by atoms with Crippen molar-refractivity contribution in [1.82, 2.24) is 0 Å². The predicted molar refractivity (Wildman–Crippen MR) is 259 cm³/mol. The number of para-hydroxylation sites is 2. The van der Waals surface area contributed by atoms with Gasteiger partial charge in [-0.1, -0.05) is 114 Å². The maximum Gasteiger partial charge on any atom is 0.416 e. The van der Waals surface area contributed by atoms with E-state index in [2.05, 4.69) is 54.6 Å². The summed E-state index contributed by atoms with van der Waals surface area (Å²) < 4.78 is 89.5. The summed E-state index contributed by atoms with van der Waals surface area (Å²) in [5.41, 5.74) is 13.7. The van der Waals surface area contributed by atoms with E-state index in [-0.39, 0.29) is 6.71 Å². The Bertz CT molecular complexity index is 3790. The maximum absolute atomic E-state index is 15.2. The van der Waals surface area contributed by atoms with Crippen molar-refractivity contribution < 1.29 is 26.3 Å². The van der Waals surface area contributed by atoms with Gasteiger partial charge in [-0.15, -0.1) is 0 Å². The molecule has 0 unspecified atom stereocenters. The Kier molecular flexibility index (Phi) is 7.27. The third kappa shape index (κ3) is 4.91. The van der Waals surface area contributed by atoms with Crippen molar-refractivity contribution >= 4 is 113 Å². The number of alkyl halides is 6. The molecule has 10 aromatic carbocycles. The molecule has 0 N–H and O–H groups in total. The van der Waals surface area contributed by atoms with Crippen molar-refractivity contribution in [2.24, 2.45) is 0 Å². The van der Waals surface area contributed by atoms with Gasteiger partial charge in [-0.2, -0.15) is 26.3 Å². The zero-order valence-corrected chi connectivity index (χ0v) is 35.3. The van der Waals surface area contributed by atoms with E-state index in [0.29, 0.717) is 16.9 Å². The van der Waals surface area contributed by atoms with E-state index in [1.807, 2.05) is 96.4 Å². The van der Waals surface area contributed by atoms with Crippen molar-refractivity contribution in [3.05, 3.63) is 180 Å². The Morgan fingerprint density at radius 3 is 1.38 bits per heavy atom. The summed E-state index contributed by atoms with van der Waals surface area (Å²) in [6.07, 6.45) is -9.17. The largest absolute Gasteiger partial charge is 0.416 e. The minimum atomic E-state index is -4.61. The van der Waals surface area contributed by atoms with Gasteiger partial charge < -0.3 is 9.80 Å². The predicted octanol–water partition coefficient (Wildman–Crippen LogP) is 11.8. The fourth-order valence-electron chi connectivity index (χ4n) is 12.2. The molecule has 10 heteroatoms. The molecule has 4 heterocycles. The van der Waals surface area contributed by atoms with Crippen molar-refractivity contribution in [2.45, 2.75) is 26.2 Å². The summed E-state index contributed by atoms with van der Waals surface area (Å²) >= 11 is 0. The maximum atomic E-state index is 15.2. The van der Waals surface area contributed by atoms with Crippen LogP contribution in [0.3, 0.4) is 0 Å². The normalized spacial score (nSPS) is 14.2. The molecule has 0 saturated carbocycles. The van der Waals surface area contributed by atoms with E-state index in [4.69, 9.17) is 0 Å². The van der Waals surface area contributed by atoms with Gasteiger partial charge in [0.25, 0.3) is 0 Å². The lowest BCUT2D eigenvalue weighted by Gasteiger charge is -2.42. The number of anilines is 6. The van der Waals surface area contributed by atoms with Crippen LogP contribution in [0.15, 0.2) is 158 Å². The minimum Gasteiger partial charge on any atom is -0.311 e. The summed E-state index contributed by atoms with van der Waals surface area (Å²) in [5.74, 6) is 0. The molecule has 0 fully saturated rings. The third-order valence-corrected chi connectivity index (χ3v) is 14.7. The van der Waals surface area contributed by atoms with Crippen LogP contribution >= 0.6 is 0 Å². The van der Waals surface area contributed by atoms with E-state index in [9.17, 15) is 13.2 Å².